The Kier molecular flexibility index (Phi) is 4.10. The summed E-state index contributed by atoms with van der Waals surface area (Å²) < 4.78 is 5.73. The van der Waals surface area contributed by atoms with Crippen LogP contribution in [0.4, 0.5) is 5.82 Å². The second-order valence-electron chi connectivity index (χ2n) is 5.26. The van der Waals surface area contributed by atoms with Crippen molar-refractivity contribution in [2.75, 3.05) is 5.32 Å². The predicted molar refractivity (Wildman–Crippen MR) is 98.3 cm³/mol. The minimum atomic E-state index is -0.225. The quantitative estimate of drug-likeness (QED) is 0.579. The minimum absolute atomic E-state index is 0.225. The number of hydrogen-bond donors (Lipinski definition) is 1. The van der Waals surface area contributed by atoms with Gasteiger partial charge in [-0.2, -0.15) is 0 Å². The Hall–Kier alpha value is -3.25. The molecule has 2 aromatic heterocycles. The summed E-state index contributed by atoms with van der Waals surface area (Å²) in [5.41, 5.74) is 0.530. The lowest BCUT2D eigenvalue weighted by Crippen LogP contribution is -2.13. The Morgan fingerprint density at radius 1 is 0.920 bits per heavy atom. The van der Waals surface area contributed by atoms with E-state index in [1.807, 2.05) is 41.8 Å². The summed E-state index contributed by atoms with van der Waals surface area (Å²) in [7, 11) is 0. The third-order valence-corrected chi connectivity index (χ3v) is 4.41. The van der Waals surface area contributed by atoms with Crippen LogP contribution in [0.5, 0.6) is 11.5 Å². The molecular weight excluding hydrogens is 334 g/mol. The van der Waals surface area contributed by atoms with Gasteiger partial charge in [0.25, 0.3) is 5.91 Å². The third-order valence-electron chi connectivity index (χ3n) is 3.59. The molecule has 122 valence electrons. The summed E-state index contributed by atoms with van der Waals surface area (Å²) >= 11 is 1.51. The fourth-order valence-corrected chi connectivity index (χ4v) is 3.10. The number of nitrogens with one attached hydrogen (secondary N) is 1. The number of rotatable bonds is 4. The largest absolute Gasteiger partial charge is 0.457 e. The first-order valence-corrected chi connectivity index (χ1v) is 8.50. The monoisotopic (exact) mass is 347 g/mol. The molecule has 0 atom stereocenters. The van der Waals surface area contributed by atoms with E-state index in [1.165, 1.54) is 17.7 Å². The molecule has 0 aliphatic rings. The van der Waals surface area contributed by atoms with Crippen molar-refractivity contribution in [3.8, 4) is 11.5 Å². The van der Waals surface area contributed by atoms with Gasteiger partial charge in [0.1, 0.15) is 28.5 Å². The molecule has 0 aliphatic heterocycles. The first-order valence-electron chi connectivity index (χ1n) is 7.62. The van der Waals surface area contributed by atoms with Crippen LogP contribution >= 0.6 is 11.3 Å². The molecule has 5 nitrogen and oxygen atoms in total. The molecule has 0 aliphatic carbocycles. The Labute approximate surface area is 147 Å². The van der Waals surface area contributed by atoms with E-state index in [-0.39, 0.29) is 5.91 Å². The van der Waals surface area contributed by atoms with Gasteiger partial charge in [0.2, 0.25) is 0 Å². The molecule has 25 heavy (non-hydrogen) atoms. The molecule has 4 rings (SSSR count). The van der Waals surface area contributed by atoms with Gasteiger partial charge in [-0.3, -0.25) is 4.79 Å². The van der Waals surface area contributed by atoms with Crippen LogP contribution in [0.3, 0.4) is 0 Å². The number of hydrogen-bond acceptors (Lipinski definition) is 5. The van der Waals surface area contributed by atoms with Gasteiger partial charge in [-0.25, -0.2) is 9.97 Å². The van der Waals surface area contributed by atoms with Crippen LogP contribution in [0, 0.1) is 0 Å². The number of para-hydroxylation sites is 1. The van der Waals surface area contributed by atoms with E-state index in [1.54, 1.807) is 24.3 Å². The normalized spacial score (nSPS) is 10.6. The number of aromatic nitrogens is 2. The molecule has 0 saturated carbocycles. The molecule has 1 N–H and O–H groups in total. The Morgan fingerprint density at radius 2 is 1.68 bits per heavy atom. The highest BCUT2D eigenvalue weighted by atomic mass is 32.1. The zero-order chi connectivity index (χ0) is 17.1. The standard InChI is InChI=1S/C19H13N3O2S/c23-18(22-17-16-10-11-25-19(16)21-12-20-17)13-6-8-15(9-7-13)24-14-4-2-1-3-5-14/h1-12H,(H,20,21,22,23). The first-order chi connectivity index (χ1) is 12.3. The van der Waals surface area contributed by atoms with E-state index in [0.717, 1.165) is 16.0 Å². The molecule has 4 aromatic rings. The number of ether oxygens (including phenoxy) is 1. The maximum absolute atomic E-state index is 12.4. The number of benzene rings is 2. The second-order valence-corrected chi connectivity index (χ2v) is 6.15. The lowest BCUT2D eigenvalue weighted by molar-refractivity contribution is 0.102. The zero-order valence-electron chi connectivity index (χ0n) is 13.0. The van der Waals surface area contributed by atoms with Gasteiger partial charge in [-0.1, -0.05) is 18.2 Å². The molecule has 1 amide bonds. The van der Waals surface area contributed by atoms with Gasteiger partial charge >= 0.3 is 0 Å². The fourth-order valence-electron chi connectivity index (χ4n) is 2.37. The topological polar surface area (TPSA) is 64.1 Å². The maximum atomic E-state index is 12.4. The number of fused-ring (bicyclic) bond motifs is 1. The highest BCUT2D eigenvalue weighted by molar-refractivity contribution is 7.16. The van der Waals surface area contributed by atoms with Crippen molar-refractivity contribution in [1.82, 2.24) is 9.97 Å². The van der Waals surface area contributed by atoms with Crippen molar-refractivity contribution in [1.29, 1.82) is 0 Å². The van der Waals surface area contributed by atoms with Crippen molar-refractivity contribution in [3.05, 3.63) is 77.9 Å². The predicted octanol–water partition coefficient (Wildman–Crippen LogP) is 4.74. The van der Waals surface area contributed by atoms with E-state index in [4.69, 9.17) is 4.74 Å². The summed E-state index contributed by atoms with van der Waals surface area (Å²) in [4.78, 5) is 21.6. The summed E-state index contributed by atoms with van der Waals surface area (Å²) in [6.45, 7) is 0. The Morgan fingerprint density at radius 3 is 2.48 bits per heavy atom. The molecule has 0 radical (unpaired) electrons. The summed E-state index contributed by atoms with van der Waals surface area (Å²) in [6, 6.07) is 18.4. The summed E-state index contributed by atoms with van der Waals surface area (Å²) in [6.07, 6.45) is 1.45. The van der Waals surface area contributed by atoms with Crippen LogP contribution in [0.1, 0.15) is 10.4 Å². The van der Waals surface area contributed by atoms with E-state index in [9.17, 15) is 4.79 Å². The van der Waals surface area contributed by atoms with Gasteiger partial charge in [0, 0.05) is 5.56 Å². The Bertz CT molecular complexity index is 1010. The highest BCUT2D eigenvalue weighted by Crippen LogP contribution is 2.25. The smallest absolute Gasteiger partial charge is 0.256 e. The average Bonchev–Trinajstić information content (AvgIpc) is 3.13. The molecule has 6 heteroatoms. The van der Waals surface area contributed by atoms with E-state index >= 15 is 0 Å². The first kappa shape index (κ1) is 15.3. The van der Waals surface area contributed by atoms with Crippen molar-refractivity contribution in [2.24, 2.45) is 0 Å². The lowest BCUT2D eigenvalue weighted by atomic mass is 10.2. The third kappa shape index (κ3) is 3.34. The fraction of sp³-hybridized carbons (Fsp3) is 0. The zero-order valence-corrected chi connectivity index (χ0v) is 13.9. The number of anilines is 1. The maximum Gasteiger partial charge on any atom is 0.256 e. The SMILES string of the molecule is O=C(Nc1ncnc2sccc12)c1ccc(Oc2ccccc2)cc1. The lowest BCUT2D eigenvalue weighted by Gasteiger charge is -2.07. The Balaban J connectivity index is 1.50. The van der Waals surface area contributed by atoms with E-state index < -0.39 is 0 Å². The molecule has 2 heterocycles. The molecule has 0 spiro atoms. The number of carbonyl (C=O) groups excluding carboxylic acids is 1. The molecule has 2 aromatic carbocycles. The number of thiophene rings is 1. The van der Waals surface area contributed by atoms with Gasteiger partial charge in [0.05, 0.1) is 5.39 Å². The highest BCUT2D eigenvalue weighted by Gasteiger charge is 2.11. The van der Waals surface area contributed by atoms with Gasteiger partial charge in [-0.15, -0.1) is 11.3 Å². The van der Waals surface area contributed by atoms with Crippen LogP contribution in [0.25, 0.3) is 10.2 Å². The van der Waals surface area contributed by atoms with E-state index in [0.29, 0.717) is 17.1 Å². The number of carbonyl (C=O) groups is 1. The van der Waals surface area contributed by atoms with Crippen molar-refractivity contribution in [3.63, 3.8) is 0 Å². The van der Waals surface area contributed by atoms with Gasteiger partial charge < -0.3 is 10.1 Å². The molecule has 0 fully saturated rings. The second kappa shape index (κ2) is 6.70. The average molecular weight is 347 g/mol. The van der Waals surface area contributed by atoms with Crippen LogP contribution in [0.15, 0.2) is 72.4 Å². The van der Waals surface area contributed by atoms with Crippen LogP contribution in [0.2, 0.25) is 0 Å². The number of nitrogens with zero attached hydrogens (tertiary/aromatic N) is 2. The summed E-state index contributed by atoms with van der Waals surface area (Å²) in [5.74, 6) is 1.71. The van der Waals surface area contributed by atoms with Crippen molar-refractivity contribution < 1.29 is 9.53 Å². The molecule has 0 bridgehead atoms. The molecular formula is C19H13N3O2S. The summed E-state index contributed by atoms with van der Waals surface area (Å²) in [5, 5.41) is 5.59. The van der Waals surface area contributed by atoms with Crippen LogP contribution < -0.4 is 10.1 Å². The van der Waals surface area contributed by atoms with Gasteiger partial charge in [0.15, 0.2) is 0 Å². The van der Waals surface area contributed by atoms with Crippen molar-refractivity contribution in [2.45, 2.75) is 0 Å². The van der Waals surface area contributed by atoms with Crippen LogP contribution in [-0.2, 0) is 0 Å². The molecule has 0 unspecified atom stereocenters. The molecule has 0 saturated heterocycles. The van der Waals surface area contributed by atoms with Crippen LogP contribution in [-0.4, -0.2) is 15.9 Å². The van der Waals surface area contributed by atoms with E-state index in [2.05, 4.69) is 15.3 Å². The minimum Gasteiger partial charge on any atom is -0.457 e. The van der Waals surface area contributed by atoms with Crippen molar-refractivity contribution >= 4 is 33.3 Å². The number of amides is 1. The van der Waals surface area contributed by atoms with Gasteiger partial charge in [-0.05, 0) is 47.8 Å².